The molecule has 1 saturated carbocycles. The van der Waals surface area contributed by atoms with Crippen LogP contribution in [0.4, 0.5) is 8.78 Å². The predicted molar refractivity (Wildman–Crippen MR) is 83.0 cm³/mol. The van der Waals surface area contributed by atoms with Crippen LogP contribution in [0.5, 0.6) is 0 Å². The molecule has 130 valence electrons. The van der Waals surface area contributed by atoms with E-state index in [1.807, 2.05) is 0 Å². The Balaban J connectivity index is 2.99. The number of esters is 1. The van der Waals surface area contributed by atoms with Crippen molar-refractivity contribution in [3.63, 3.8) is 0 Å². The minimum Gasteiger partial charge on any atom is -0.462 e. The fraction of sp³-hybridized carbons (Fsp3) is 0.933. The molecule has 22 heavy (non-hydrogen) atoms. The molecule has 0 bridgehead atoms. The molecule has 7 heteroatoms. The van der Waals surface area contributed by atoms with Crippen LogP contribution in [0, 0.1) is 5.92 Å². The summed E-state index contributed by atoms with van der Waals surface area (Å²) >= 11 is 0. The standard InChI is InChI=1S/C15H27F2NO3S/c1-5-21-13(19)15(16,17)12(11-9-7-6-8-10-11)18-22(20)14(2,3)4/h11-12,18H,5-10H2,1-4H3/t12?,22-/m1/s1. The molecule has 0 heterocycles. The van der Waals surface area contributed by atoms with Gasteiger partial charge in [0, 0.05) is 0 Å². The number of hydrogen-bond donors (Lipinski definition) is 1. The van der Waals surface area contributed by atoms with Crippen LogP contribution in [0.3, 0.4) is 0 Å². The Kier molecular flexibility index (Phi) is 6.92. The Labute approximate surface area is 134 Å². The van der Waals surface area contributed by atoms with E-state index >= 15 is 0 Å². The van der Waals surface area contributed by atoms with E-state index in [1.165, 1.54) is 6.92 Å². The van der Waals surface area contributed by atoms with Crippen molar-refractivity contribution in [2.24, 2.45) is 5.92 Å². The predicted octanol–water partition coefficient (Wildman–Crippen LogP) is 3.19. The summed E-state index contributed by atoms with van der Waals surface area (Å²) in [6, 6.07) is -1.45. The number of alkyl halides is 2. The minimum absolute atomic E-state index is 0.103. The van der Waals surface area contributed by atoms with Gasteiger partial charge in [-0.15, -0.1) is 0 Å². The third-order valence-corrected chi connectivity index (χ3v) is 5.43. The van der Waals surface area contributed by atoms with E-state index in [1.54, 1.807) is 20.8 Å². The SMILES string of the molecule is CCOC(=O)C(F)(F)C(N[S@](=O)C(C)(C)C)C1CCCCC1. The molecule has 2 atom stereocenters. The van der Waals surface area contributed by atoms with Gasteiger partial charge in [0.25, 0.3) is 0 Å². The van der Waals surface area contributed by atoms with Gasteiger partial charge in [-0.2, -0.15) is 8.78 Å². The molecule has 1 fully saturated rings. The summed E-state index contributed by atoms with van der Waals surface area (Å²) in [5, 5.41) is 0. The molecule has 0 aromatic rings. The molecule has 1 aliphatic carbocycles. The van der Waals surface area contributed by atoms with Crippen LogP contribution in [0.2, 0.25) is 0 Å². The Morgan fingerprint density at radius 3 is 2.27 bits per heavy atom. The second-order valence-electron chi connectivity index (χ2n) is 6.72. The molecule has 1 N–H and O–H groups in total. The average molecular weight is 339 g/mol. The smallest absolute Gasteiger partial charge is 0.378 e. The zero-order valence-corrected chi connectivity index (χ0v) is 14.6. The molecule has 1 aliphatic rings. The molecule has 0 saturated heterocycles. The number of carbonyl (C=O) groups is 1. The molecular weight excluding hydrogens is 312 g/mol. The van der Waals surface area contributed by atoms with E-state index in [4.69, 9.17) is 0 Å². The molecule has 0 aromatic heterocycles. The van der Waals surface area contributed by atoms with Gasteiger partial charge < -0.3 is 4.74 Å². The molecule has 0 amide bonds. The quantitative estimate of drug-likeness (QED) is 0.756. The Morgan fingerprint density at radius 1 is 1.27 bits per heavy atom. The van der Waals surface area contributed by atoms with Crippen LogP contribution < -0.4 is 4.72 Å². The normalized spacial score (nSPS) is 20.5. The summed E-state index contributed by atoms with van der Waals surface area (Å²) in [6.45, 7) is 6.50. The Morgan fingerprint density at radius 2 is 1.82 bits per heavy atom. The van der Waals surface area contributed by atoms with E-state index in [9.17, 15) is 17.8 Å². The molecule has 0 radical (unpaired) electrons. The summed E-state index contributed by atoms with van der Waals surface area (Å²) < 4.78 is 47.7. The summed E-state index contributed by atoms with van der Waals surface area (Å²) in [7, 11) is -1.67. The van der Waals surface area contributed by atoms with E-state index in [0.29, 0.717) is 12.8 Å². The van der Waals surface area contributed by atoms with Gasteiger partial charge in [-0.3, -0.25) is 0 Å². The largest absolute Gasteiger partial charge is 0.462 e. The van der Waals surface area contributed by atoms with Crippen LogP contribution in [0.1, 0.15) is 59.8 Å². The monoisotopic (exact) mass is 339 g/mol. The van der Waals surface area contributed by atoms with Crippen molar-refractivity contribution in [2.45, 2.75) is 76.5 Å². The van der Waals surface area contributed by atoms with Gasteiger partial charge in [-0.1, -0.05) is 19.3 Å². The van der Waals surface area contributed by atoms with Gasteiger partial charge in [-0.05, 0) is 46.5 Å². The third kappa shape index (κ3) is 4.98. The highest BCUT2D eigenvalue weighted by atomic mass is 32.2. The number of rotatable bonds is 6. The van der Waals surface area contributed by atoms with Crippen LogP contribution >= 0.6 is 0 Å². The first-order valence-electron chi connectivity index (χ1n) is 7.83. The fourth-order valence-corrected chi connectivity index (χ4v) is 3.50. The van der Waals surface area contributed by atoms with Crippen molar-refractivity contribution in [1.29, 1.82) is 0 Å². The third-order valence-electron chi connectivity index (χ3n) is 3.85. The zero-order valence-electron chi connectivity index (χ0n) is 13.8. The van der Waals surface area contributed by atoms with Crippen molar-refractivity contribution < 1.29 is 22.5 Å². The molecular formula is C15H27F2NO3S. The summed E-state index contributed by atoms with van der Waals surface area (Å²) in [5.74, 6) is -5.60. The van der Waals surface area contributed by atoms with Gasteiger partial charge in [0.2, 0.25) is 0 Å². The fourth-order valence-electron chi connectivity index (χ4n) is 2.58. The van der Waals surface area contributed by atoms with Gasteiger partial charge in [0.05, 0.1) is 28.4 Å². The van der Waals surface area contributed by atoms with E-state index in [-0.39, 0.29) is 12.5 Å². The Hall–Kier alpha value is -0.560. The van der Waals surface area contributed by atoms with Crippen molar-refractivity contribution in [3.8, 4) is 0 Å². The number of hydrogen-bond acceptors (Lipinski definition) is 3. The maximum absolute atomic E-state index is 14.5. The second-order valence-corrected chi connectivity index (χ2v) is 8.72. The van der Waals surface area contributed by atoms with Crippen LogP contribution in [-0.4, -0.2) is 33.5 Å². The van der Waals surface area contributed by atoms with E-state index in [0.717, 1.165) is 19.3 Å². The second kappa shape index (κ2) is 7.81. The van der Waals surface area contributed by atoms with E-state index < -0.39 is 33.7 Å². The molecule has 0 spiro atoms. The average Bonchev–Trinajstić information content (AvgIpc) is 2.44. The topological polar surface area (TPSA) is 55.4 Å². The van der Waals surface area contributed by atoms with Crippen molar-refractivity contribution in [3.05, 3.63) is 0 Å². The number of halogens is 2. The number of ether oxygens (including phenoxy) is 1. The molecule has 0 aliphatic heterocycles. The highest BCUT2D eigenvalue weighted by Gasteiger charge is 2.53. The maximum atomic E-state index is 14.5. The summed E-state index contributed by atoms with van der Waals surface area (Å²) in [6.07, 6.45) is 3.92. The van der Waals surface area contributed by atoms with Crippen LogP contribution in [-0.2, 0) is 20.5 Å². The highest BCUT2D eigenvalue weighted by molar-refractivity contribution is 7.84. The molecule has 0 aromatic carbocycles. The summed E-state index contributed by atoms with van der Waals surface area (Å²) in [4.78, 5) is 11.7. The maximum Gasteiger partial charge on any atom is 0.378 e. The summed E-state index contributed by atoms with van der Waals surface area (Å²) in [5.41, 5.74) is 0. The first-order chi connectivity index (χ1) is 10.1. The lowest BCUT2D eigenvalue weighted by Gasteiger charge is -2.36. The van der Waals surface area contributed by atoms with Crippen LogP contribution in [0.25, 0.3) is 0 Å². The van der Waals surface area contributed by atoms with Gasteiger partial charge in [0.1, 0.15) is 0 Å². The lowest BCUT2D eigenvalue weighted by molar-refractivity contribution is -0.177. The van der Waals surface area contributed by atoms with Crippen molar-refractivity contribution in [1.82, 2.24) is 4.72 Å². The van der Waals surface area contributed by atoms with Crippen LogP contribution in [0.15, 0.2) is 0 Å². The highest BCUT2D eigenvalue weighted by Crippen LogP contribution is 2.35. The lowest BCUT2D eigenvalue weighted by atomic mass is 9.82. The minimum atomic E-state index is -3.68. The molecule has 1 rings (SSSR count). The first kappa shape index (κ1) is 19.5. The van der Waals surface area contributed by atoms with Gasteiger partial charge >= 0.3 is 11.9 Å². The zero-order chi connectivity index (χ0) is 17.0. The Bertz CT molecular complexity index is 404. The van der Waals surface area contributed by atoms with Gasteiger partial charge in [0.15, 0.2) is 0 Å². The van der Waals surface area contributed by atoms with E-state index in [2.05, 4.69) is 9.46 Å². The van der Waals surface area contributed by atoms with Crippen molar-refractivity contribution >= 4 is 17.0 Å². The number of carbonyl (C=O) groups excluding carboxylic acids is 1. The first-order valence-corrected chi connectivity index (χ1v) is 8.98. The number of nitrogens with one attached hydrogen (secondary N) is 1. The molecule has 4 nitrogen and oxygen atoms in total. The lowest BCUT2D eigenvalue weighted by Crippen LogP contribution is -2.57. The van der Waals surface area contributed by atoms with Crippen molar-refractivity contribution in [2.75, 3.05) is 6.61 Å². The van der Waals surface area contributed by atoms with Gasteiger partial charge in [-0.25, -0.2) is 13.7 Å². The molecule has 1 unspecified atom stereocenters.